The second-order valence-corrected chi connectivity index (χ2v) is 5.23. The van der Waals surface area contributed by atoms with Crippen LogP contribution in [-0.4, -0.2) is 16.5 Å². The molecule has 1 aromatic carbocycles. The Kier molecular flexibility index (Phi) is 4.54. The van der Waals surface area contributed by atoms with Gasteiger partial charge in [0, 0.05) is 16.6 Å². The molecule has 0 unspecified atom stereocenters. The van der Waals surface area contributed by atoms with Gasteiger partial charge in [0.2, 0.25) is 0 Å². The molecule has 4 nitrogen and oxygen atoms in total. The molecule has 2 aromatic rings. The molecule has 0 aliphatic rings. The first-order chi connectivity index (χ1) is 9.51. The maximum Gasteiger partial charge on any atom is 0.139 e. The van der Waals surface area contributed by atoms with E-state index in [1.54, 1.807) is 6.07 Å². The summed E-state index contributed by atoms with van der Waals surface area (Å²) in [5.74, 6) is 1.81. The lowest BCUT2D eigenvalue weighted by Gasteiger charge is -2.14. The average Bonchev–Trinajstić information content (AvgIpc) is 2.39. The molecule has 20 heavy (non-hydrogen) atoms. The molecular weight excluding hydrogens is 323 g/mol. The maximum atomic E-state index is 13.3. The fourth-order valence-electron chi connectivity index (χ4n) is 1.81. The van der Waals surface area contributed by atoms with Crippen molar-refractivity contribution in [1.29, 1.82) is 0 Å². The number of aromatic nitrogens is 2. The van der Waals surface area contributed by atoms with Gasteiger partial charge in [-0.2, -0.15) is 0 Å². The van der Waals surface area contributed by atoms with E-state index < -0.39 is 0 Å². The predicted octanol–water partition coefficient (Wildman–Crippen LogP) is 4.17. The van der Waals surface area contributed by atoms with Crippen molar-refractivity contribution in [3.05, 3.63) is 39.9 Å². The number of nitrogens with zero attached hydrogens (tertiary/aromatic N) is 2. The summed E-state index contributed by atoms with van der Waals surface area (Å²) < 4.78 is 14.1. The molecule has 0 saturated heterocycles. The summed E-state index contributed by atoms with van der Waals surface area (Å²) >= 11 is 3.39. The van der Waals surface area contributed by atoms with Crippen molar-refractivity contribution < 1.29 is 4.39 Å². The zero-order valence-corrected chi connectivity index (χ0v) is 13.2. The van der Waals surface area contributed by atoms with Gasteiger partial charge in [-0.1, -0.05) is 0 Å². The summed E-state index contributed by atoms with van der Waals surface area (Å²) in [6.45, 7) is 6.53. The quantitative estimate of drug-likeness (QED) is 0.878. The predicted molar refractivity (Wildman–Crippen MR) is 83.1 cm³/mol. The number of halogens is 2. The molecule has 0 fully saturated rings. The largest absolute Gasteiger partial charge is 0.370 e. The summed E-state index contributed by atoms with van der Waals surface area (Å²) in [4.78, 5) is 8.73. The van der Waals surface area contributed by atoms with E-state index >= 15 is 0 Å². The maximum absolute atomic E-state index is 13.3. The van der Waals surface area contributed by atoms with E-state index in [0.29, 0.717) is 17.3 Å². The van der Waals surface area contributed by atoms with Gasteiger partial charge < -0.3 is 10.6 Å². The van der Waals surface area contributed by atoms with Gasteiger partial charge in [-0.15, -0.1) is 0 Å². The fourth-order valence-corrected chi connectivity index (χ4v) is 2.16. The van der Waals surface area contributed by atoms with Crippen LogP contribution >= 0.6 is 15.9 Å². The van der Waals surface area contributed by atoms with Gasteiger partial charge in [0.25, 0.3) is 0 Å². The first-order valence-corrected chi connectivity index (χ1v) is 7.11. The number of hydrogen-bond donors (Lipinski definition) is 2. The number of benzene rings is 1. The van der Waals surface area contributed by atoms with Crippen LogP contribution in [0.25, 0.3) is 0 Å². The zero-order valence-electron chi connectivity index (χ0n) is 11.6. The van der Waals surface area contributed by atoms with Crippen LogP contribution in [0, 0.1) is 19.7 Å². The molecule has 0 amide bonds. The number of rotatable bonds is 4. The molecule has 6 heteroatoms. The van der Waals surface area contributed by atoms with Crippen molar-refractivity contribution in [1.82, 2.24) is 9.97 Å². The first-order valence-electron chi connectivity index (χ1n) is 6.32. The Balaban J connectivity index is 2.40. The summed E-state index contributed by atoms with van der Waals surface area (Å²) in [5.41, 5.74) is 1.53. The van der Waals surface area contributed by atoms with E-state index in [-0.39, 0.29) is 5.82 Å². The lowest BCUT2D eigenvalue weighted by Crippen LogP contribution is -2.08. The van der Waals surface area contributed by atoms with Crippen LogP contribution in [0.3, 0.4) is 0 Å². The average molecular weight is 339 g/mol. The molecule has 0 saturated carbocycles. The molecule has 1 aromatic heterocycles. The minimum Gasteiger partial charge on any atom is -0.370 e. The van der Waals surface area contributed by atoms with Crippen LogP contribution in [0.4, 0.5) is 21.7 Å². The Hall–Kier alpha value is -1.69. The first kappa shape index (κ1) is 14.7. The Labute approximate surface area is 126 Å². The normalized spacial score (nSPS) is 10.4. The van der Waals surface area contributed by atoms with Gasteiger partial charge >= 0.3 is 0 Å². The van der Waals surface area contributed by atoms with Crippen LogP contribution in [0.5, 0.6) is 0 Å². The van der Waals surface area contributed by atoms with E-state index in [1.807, 2.05) is 20.8 Å². The molecule has 2 N–H and O–H groups in total. The van der Waals surface area contributed by atoms with Crippen molar-refractivity contribution in [3.8, 4) is 0 Å². The lowest BCUT2D eigenvalue weighted by molar-refractivity contribution is 0.628. The third kappa shape index (κ3) is 3.25. The fraction of sp³-hybridized carbons (Fsp3) is 0.286. The third-order valence-corrected chi connectivity index (χ3v) is 3.47. The van der Waals surface area contributed by atoms with Crippen molar-refractivity contribution in [2.24, 2.45) is 0 Å². The van der Waals surface area contributed by atoms with E-state index in [9.17, 15) is 4.39 Å². The monoisotopic (exact) mass is 338 g/mol. The minimum atomic E-state index is -0.300. The Morgan fingerprint density at radius 3 is 2.60 bits per heavy atom. The second kappa shape index (κ2) is 6.17. The van der Waals surface area contributed by atoms with Gasteiger partial charge in [0.15, 0.2) is 0 Å². The molecule has 0 bridgehead atoms. The molecule has 0 aliphatic heterocycles. The van der Waals surface area contributed by atoms with Gasteiger partial charge in [-0.05, 0) is 54.9 Å². The number of aryl methyl sites for hydroxylation is 1. The van der Waals surface area contributed by atoms with Crippen molar-refractivity contribution in [2.75, 3.05) is 17.2 Å². The Morgan fingerprint density at radius 1 is 1.20 bits per heavy atom. The second-order valence-electron chi connectivity index (χ2n) is 4.37. The summed E-state index contributed by atoms with van der Waals surface area (Å²) in [6, 6.07) is 4.48. The van der Waals surface area contributed by atoms with Crippen LogP contribution in [-0.2, 0) is 0 Å². The van der Waals surface area contributed by atoms with E-state index in [1.165, 1.54) is 12.1 Å². The highest BCUT2D eigenvalue weighted by molar-refractivity contribution is 9.10. The zero-order chi connectivity index (χ0) is 14.7. The summed E-state index contributed by atoms with van der Waals surface area (Å²) in [7, 11) is 0. The van der Waals surface area contributed by atoms with Crippen molar-refractivity contribution in [2.45, 2.75) is 20.8 Å². The Bertz CT molecular complexity index is 631. The highest BCUT2D eigenvalue weighted by atomic mass is 79.9. The molecule has 0 radical (unpaired) electrons. The van der Waals surface area contributed by atoms with Crippen molar-refractivity contribution >= 4 is 33.3 Å². The summed E-state index contributed by atoms with van der Waals surface area (Å²) in [5, 5.41) is 6.33. The van der Waals surface area contributed by atoms with Crippen LogP contribution in [0.1, 0.15) is 18.3 Å². The van der Waals surface area contributed by atoms with Crippen LogP contribution in [0.2, 0.25) is 0 Å². The Morgan fingerprint density at radius 2 is 1.90 bits per heavy atom. The topological polar surface area (TPSA) is 49.8 Å². The molecule has 0 spiro atoms. The number of hydrogen-bond acceptors (Lipinski definition) is 4. The molecule has 2 rings (SSSR count). The third-order valence-electron chi connectivity index (χ3n) is 2.78. The van der Waals surface area contributed by atoms with E-state index in [4.69, 9.17) is 0 Å². The highest BCUT2D eigenvalue weighted by Crippen LogP contribution is 2.29. The van der Waals surface area contributed by atoms with Gasteiger partial charge in [-0.3, -0.25) is 0 Å². The van der Waals surface area contributed by atoms with E-state index in [0.717, 1.165) is 22.4 Å². The smallest absolute Gasteiger partial charge is 0.139 e. The van der Waals surface area contributed by atoms with Gasteiger partial charge in [0.05, 0.1) is 5.69 Å². The SMILES string of the molecule is CCNc1nc(C)nc(Nc2cc(F)ccc2Br)c1C. The number of nitrogens with one attached hydrogen (secondary N) is 2. The number of anilines is 3. The van der Waals surface area contributed by atoms with E-state index in [2.05, 4.69) is 36.5 Å². The van der Waals surface area contributed by atoms with Crippen LogP contribution in [0.15, 0.2) is 22.7 Å². The highest BCUT2D eigenvalue weighted by Gasteiger charge is 2.10. The standard InChI is InChI=1S/C14H16BrFN4/c1-4-17-13-8(2)14(19-9(3)18-13)20-12-7-10(16)5-6-11(12)15/h5-7H,4H2,1-3H3,(H2,17,18,19,20). The van der Waals surface area contributed by atoms with Gasteiger partial charge in [-0.25, -0.2) is 14.4 Å². The molecule has 1 heterocycles. The van der Waals surface area contributed by atoms with Crippen molar-refractivity contribution in [3.63, 3.8) is 0 Å². The lowest BCUT2D eigenvalue weighted by atomic mass is 10.2. The van der Waals surface area contributed by atoms with Crippen LogP contribution < -0.4 is 10.6 Å². The minimum absolute atomic E-state index is 0.300. The molecule has 0 atom stereocenters. The summed E-state index contributed by atoms with van der Waals surface area (Å²) in [6.07, 6.45) is 0. The van der Waals surface area contributed by atoms with Gasteiger partial charge in [0.1, 0.15) is 23.3 Å². The molecule has 0 aliphatic carbocycles. The molecular formula is C14H16BrFN4. The molecule has 106 valence electrons.